The molecule has 1 rings (SSSR count). The zero-order chi connectivity index (χ0) is 5.82. The molecule has 0 fully saturated rings. The molecule has 0 aromatic heterocycles. The molecule has 63 valence electrons. The molecule has 0 aliphatic rings. The van der Waals surface area contributed by atoms with Crippen molar-refractivity contribution in [3.05, 3.63) is 35.9 Å². The molecule has 1 radical (unpaired) electrons. The van der Waals surface area contributed by atoms with Crippen LogP contribution in [-0.2, 0) is 46.9 Å². The monoisotopic (exact) mass is 605 g/mol. The van der Waals surface area contributed by atoms with Crippen LogP contribution in [-0.4, -0.2) is 24.7 Å². The molecule has 3 heteroatoms. The topological polar surface area (TPSA) is 0 Å². The first-order valence-corrected chi connectivity index (χ1v) is 5.85. The third-order valence-corrected chi connectivity index (χ3v) is 2.91. The zero-order valence-corrected chi connectivity index (χ0v) is 13.5. The number of hydrogen-bond donors (Lipinski definition) is 0. The third kappa shape index (κ3) is 5.19. The first-order valence-electron chi connectivity index (χ1n) is 2.67. The van der Waals surface area contributed by atoms with Crippen LogP contribution in [0, 0.1) is 0 Å². The van der Waals surface area contributed by atoms with Crippen molar-refractivity contribution >= 4 is 24.7 Å². The van der Waals surface area contributed by atoms with Gasteiger partial charge in [-0.2, -0.15) is 0 Å². The normalized spacial score (nSPS) is 7.30. The molecule has 0 unspecified atom stereocenters. The van der Waals surface area contributed by atoms with E-state index in [2.05, 4.69) is 30.3 Å². The fourth-order valence-electron chi connectivity index (χ4n) is 0.614. The molecule has 0 N–H and O–H groups in total. The molecule has 0 spiro atoms. The Morgan fingerprint density at radius 1 is 1.10 bits per heavy atom. The predicted octanol–water partition coefficient (Wildman–Crippen LogP) is 0.815. The van der Waals surface area contributed by atoms with Gasteiger partial charge in [-0.1, -0.05) is 0 Å². The Balaban J connectivity index is 0. The van der Waals surface area contributed by atoms with Crippen molar-refractivity contribution in [3.8, 4) is 0 Å². The second-order valence-corrected chi connectivity index (χ2v) is 3.28. The minimum atomic E-state index is 0. The Morgan fingerprint density at radius 3 is 1.90 bits per heavy atom. The Morgan fingerprint density at radius 2 is 1.60 bits per heavy atom. The maximum Gasteiger partial charge on any atom is 0 e. The van der Waals surface area contributed by atoms with Crippen LogP contribution in [0.2, 0.25) is 0 Å². The van der Waals surface area contributed by atoms with Gasteiger partial charge in [0.25, 0.3) is 0 Å². The Hall–Kier alpha value is 1.51. The minimum Gasteiger partial charge on any atom is 0 e. The Kier molecular flexibility index (Phi) is 12.1. The van der Waals surface area contributed by atoms with Crippen LogP contribution in [0.3, 0.4) is 0 Å². The zero-order valence-electron chi connectivity index (χ0n) is 5.29. The fraction of sp³-hybridized carbons (Fsp3) is 0.143. The van der Waals surface area contributed by atoms with Crippen molar-refractivity contribution in [1.29, 1.82) is 0 Å². The standard InChI is InChI=1S/C7H7.Au.Bi.Pd.2H/c1-7-5-3-2-4-6-7;;;;;/h2-6H,1H2;;;;;. The molecule has 0 aliphatic heterocycles. The van der Waals surface area contributed by atoms with E-state index in [1.54, 1.807) is 0 Å². The van der Waals surface area contributed by atoms with Crippen LogP contribution in [0.15, 0.2) is 30.3 Å². The van der Waals surface area contributed by atoms with Gasteiger partial charge in [0.1, 0.15) is 0 Å². The van der Waals surface area contributed by atoms with Crippen molar-refractivity contribution in [2.75, 3.05) is 0 Å². The second kappa shape index (κ2) is 8.60. The van der Waals surface area contributed by atoms with Gasteiger partial charge in [-0.05, 0) is 0 Å². The van der Waals surface area contributed by atoms with Crippen LogP contribution in [0.25, 0.3) is 0 Å². The molecule has 0 atom stereocenters. The van der Waals surface area contributed by atoms with Gasteiger partial charge in [0.05, 0.1) is 0 Å². The molecule has 0 nitrogen and oxygen atoms in total. The van der Waals surface area contributed by atoms with Crippen LogP contribution < -0.4 is 0 Å². The molecular weight excluding hydrogens is 596 g/mol. The second-order valence-electron chi connectivity index (χ2n) is 1.69. The fourth-order valence-corrected chi connectivity index (χ4v) is 1.67. The van der Waals surface area contributed by atoms with E-state index in [4.69, 9.17) is 0 Å². The smallest absolute Gasteiger partial charge is 0 e. The summed E-state index contributed by atoms with van der Waals surface area (Å²) in [6, 6.07) is 10.6. The van der Waals surface area contributed by atoms with Crippen molar-refractivity contribution in [2.24, 2.45) is 0 Å². The van der Waals surface area contributed by atoms with E-state index < -0.39 is 0 Å². The summed E-state index contributed by atoms with van der Waals surface area (Å²) in [6.07, 6.45) is 0. The van der Waals surface area contributed by atoms with Crippen LogP contribution in [0.1, 0.15) is 5.56 Å². The molecule has 1 aromatic carbocycles. The van der Waals surface area contributed by atoms with Gasteiger partial charge in [0.2, 0.25) is 0 Å². The van der Waals surface area contributed by atoms with Crippen molar-refractivity contribution < 1.29 is 42.8 Å². The van der Waals surface area contributed by atoms with Gasteiger partial charge in [0.15, 0.2) is 0 Å². The summed E-state index contributed by atoms with van der Waals surface area (Å²) in [4.78, 5) is 0. The van der Waals surface area contributed by atoms with Gasteiger partial charge in [-0.3, -0.25) is 0 Å². The first-order chi connectivity index (χ1) is 3.93. The van der Waals surface area contributed by atoms with Crippen LogP contribution in [0.5, 0.6) is 0 Å². The van der Waals surface area contributed by atoms with E-state index in [0.29, 0.717) is 0 Å². The van der Waals surface area contributed by atoms with Crippen molar-refractivity contribution in [3.63, 3.8) is 0 Å². The van der Waals surface area contributed by atoms with Gasteiger partial charge in [-0.25, -0.2) is 0 Å². The van der Waals surface area contributed by atoms with Gasteiger partial charge in [-0.15, -0.1) is 0 Å². The van der Waals surface area contributed by atoms with Gasteiger partial charge in [0, 0.05) is 42.8 Å². The molecule has 1 aromatic rings. The van der Waals surface area contributed by atoms with Crippen LogP contribution >= 0.6 is 0 Å². The molecule has 0 saturated carbocycles. The molecule has 0 aliphatic carbocycles. The van der Waals surface area contributed by atoms with Gasteiger partial charge < -0.3 is 0 Å². The molecule has 0 saturated heterocycles. The van der Waals surface area contributed by atoms with Gasteiger partial charge >= 0.3 is 64.7 Å². The molecule has 10 heavy (non-hydrogen) atoms. The average molecular weight is 606 g/mol. The van der Waals surface area contributed by atoms with E-state index in [9.17, 15) is 0 Å². The number of hydrogen-bond acceptors (Lipinski definition) is 0. The van der Waals surface area contributed by atoms with E-state index >= 15 is 0 Å². The Bertz CT molecular complexity index is 155. The van der Waals surface area contributed by atoms with Crippen molar-refractivity contribution in [1.82, 2.24) is 0 Å². The summed E-state index contributed by atoms with van der Waals surface area (Å²) in [5.74, 6) is 0. The summed E-state index contributed by atoms with van der Waals surface area (Å²) in [5.41, 5.74) is 1.48. The number of rotatable bonds is 1. The summed E-state index contributed by atoms with van der Waals surface area (Å²) >= 11 is 1.10. The molecule has 0 amide bonds. The molecule has 0 heterocycles. The quantitative estimate of drug-likeness (QED) is 0.417. The predicted molar refractivity (Wildman–Crippen MR) is 38.7 cm³/mol. The maximum absolute atomic E-state index is 2.18. The van der Waals surface area contributed by atoms with E-state index in [0.717, 1.165) is 24.7 Å². The summed E-state index contributed by atoms with van der Waals surface area (Å²) in [6.45, 7) is 0. The van der Waals surface area contributed by atoms with Crippen molar-refractivity contribution in [2.45, 2.75) is 4.13 Å². The minimum absolute atomic E-state index is 0. The summed E-state index contributed by atoms with van der Waals surface area (Å²) in [5, 5.41) is 0. The summed E-state index contributed by atoms with van der Waals surface area (Å²) < 4.78 is 1.31. The van der Waals surface area contributed by atoms with Crippen LogP contribution in [0.4, 0.5) is 0 Å². The third-order valence-electron chi connectivity index (χ3n) is 1.08. The molecule has 0 bridgehead atoms. The van der Waals surface area contributed by atoms with E-state index in [-0.39, 0.29) is 42.8 Å². The maximum atomic E-state index is 2.18. The Labute approximate surface area is 106 Å². The number of benzene rings is 1. The first kappa shape index (κ1) is 14.1. The van der Waals surface area contributed by atoms with E-state index in [1.165, 1.54) is 9.69 Å². The largest absolute Gasteiger partial charge is 0 e. The summed E-state index contributed by atoms with van der Waals surface area (Å²) in [7, 11) is 0. The SMILES string of the molecule is [Au].[BiH2][CH2]c1ccccc1.[Pd]. The average Bonchev–Trinajstić information content (AvgIpc) is 1.90. The molecular formula is C7H9AuBiPd. The van der Waals surface area contributed by atoms with E-state index in [1.807, 2.05) is 0 Å².